The average Bonchev–Trinajstić information content (AvgIpc) is 3.26. The van der Waals surface area contributed by atoms with Crippen LogP contribution in [0.4, 0.5) is 5.69 Å². The molecule has 33 heavy (non-hydrogen) atoms. The summed E-state index contributed by atoms with van der Waals surface area (Å²) in [6.07, 6.45) is 0. The quantitative estimate of drug-likeness (QED) is 0.405. The monoisotopic (exact) mass is 480 g/mol. The number of carbonyl (C=O) groups excluding carboxylic acids is 1. The molecule has 0 aliphatic heterocycles. The molecule has 1 aromatic heterocycles. The highest BCUT2D eigenvalue weighted by molar-refractivity contribution is 7.92. The van der Waals surface area contributed by atoms with Crippen molar-refractivity contribution < 1.29 is 17.9 Å². The third-order valence-electron chi connectivity index (χ3n) is 5.38. The Labute approximate surface area is 197 Å². The van der Waals surface area contributed by atoms with Crippen LogP contribution in [0.3, 0.4) is 0 Å². The number of benzene rings is 3. The number of sulfonamides is 1. The van der Waals surface area contributed by atoms with Crippen molar-refractivity contribution in [1.29, 1.82) is 0 Å². The van der Waals surface area contributed by atoms with Crippen molar-refractivity contribution in [3.8, 4) is 5.75 Å². The molecule has 0 bridgehead atoms. The summed E-state index contributed by atoms with van der Waals surface area (Å²) in [4.78, 5) is 13.5. The summed E-state index contributed by atoms with van der Waals surface area (Å²) in [6.45, 7) is 2.31. The molecule has 4 rings (SSSR count). The van der Waals surface area contributed by atoms with Gasteiger partial charge in [-0.15, -0.1) is 11.3 Å². The van der Waals surface area contributed by atoms with Gasteiger partial charge in [0.25, 0.3) is 15.9 Å². The standard InChI is InChI=1S/C25H24N2O4S2/c1-17-4-11-22(12-5-17)33(29,30)27(2)20-8-13-23-19(14-20)15-24(32-23)25(28)26-16-18-6-9-21(31-3)10-7-18/h4-15H,16H2,1-3H3,(H,26,28). The lowest BCUT2D eigenvalue weighted by Gasteiger charge is -2.19. The van der Waals surface area contributed by atoms with Crippen LogP contribution in [0.25, 0.3) is 10.1 Å². The van der Waals surface area contributed by atoms with Crippen molar-refractivity contribution >= 4 is 43.0 Å². The van der Waals surface area contributed by atoms with Crippen LogP contribution in [-0.4, -0.2) is 28.5 Å². The van der Waals surface area contributed by atoms with Crippen molar-refractivity contribution in [1.82, 2.24) is 5.32 Å². The Morgan fingerprint density at radius 1 is 1.00 bits per heavy atom. The van der Waals surface area contributed by atoms with Gasteiger partial charge in [-0.25, -0.2) is 8.42 Å². The summed E-state index contributed by atoms with van der Waals surface area (Å²) < 4.78 is 33.3. The number of methoxy groups -OCH3 is 1. The van der Waals surface area contributed by atoms with Crippen LogP contribution in [0.15, 0.2) is 77.7 Å². The van der Waals surface area contributed by atoms with Crippen molar-refractivity contribution in [3.63, 3.8) is 0 Å². The van der Waals surface area contributed by atoms with Gasteiger partial charge in [0.2, 0.25) is 0 Å². The topological polar surface area (TPSA) is 75.7 Å². The highest BCUT2D eigenvalue weighted by atomic mass is 32.2. The van der Waals surface area contributed by atoms with Gasteiger partial charge < -0.3 is 10.1 Å². The molecule has 0 aliphatic carbocycles. The van der Waals surface area contributed by atoms with E-state index >= 15 is 0 Å². The maximum atomic E-state index is 13.0. The summed E-state index contributed by atoms with van der Waals surface area (Å²) in [6, 6.07) is 21.5. The first kappa shape index (κ1) is 22.8. The van der Waals surface area contributed by atoms with Crippen LogP contribution >= 0.6 is 11.3 Å². The molecule has 0 radical (unpaired) electrons. The summed E-state index contributed by atoms with van der Waals surface area (Å²) in [5.41, 5.74) is 2.50. The Balaban J connectivity index is 1.51. The maximum Gasteiger partial charge on any atom is 0.264 e. The Hall–Kier alpha value is -3.36. The van der Waals surface area contributed by atoms with Gasteiger partial charge in [0, 0.05) is 18.3 Å². The molecule has 4 aromatic rings. The number of carbonyl (C=O) groups is 1. The molecule has 6 nitrogen and oxygen atoms in total. The summed E-state index contributed by atoms with van der Waals surface area (Å²) in [7, 11) is -0.539. The molecule has 1 N–H and O–H groups in total. The number of rotatable bonds is 7. The number of ether oxygens (including phenoxy) is 1. The van der Waals surface area contributed by atoms with E-state index in [1.807, 2.05) is 37.3 Å². The smallest absolute Gasteiger partial charge is 0.264 e. The van der Waals surface area contributed by atoms with Gasteiger partial charge in [0.15, 0.2) is 0 Å². The Bertz CT molecular complexity index is 1390. The van der Waals surface area contributed by atoms with E-state index in [1.54, 1.807) is 49.6 Å². The van der Waals surface area contributed by atoms with Gasteiger partial charge in [-0.1, -0.05) is 29.8 Å². The SMILES string of the molecule is COc1ccc(CNC(=O)c2cc3cc(N(C)S(=O)(=O)c4ccc(C)cc4)ccc3s2)cc1. The largest absolute Gasteiger partial charge is 0.497 e. The first-order valence-corrected chi connectivity index (χ1v) is 12.5. The van der Waals surface area contributed by atoms with Crippen LogP contribution in [0, 0.1) is 6.92 Å². The lowest BCUT2D eigenvalue weighted by Crippen LogP contribution is -2.26. The number of anilines is 1. The van der Waals surface area contributed by atoms with Crippen LogP contribution in [-0.2, 0) is 16.6 Å². The normalized spacial score (nSPS) is 11.4. The Kier molecular flexibility index (Phi) is 6.40. The molecular formula is C25H24N2O4S2. The van der Waals surface area contributed by atoms with Gasteiger partial charge in [-0.2, -0.15) is 0 Å². The van der Waals surface area contributed by atoms with E-state index in [0.29, 0.717) is 17.1 Å². The average molecular weight is 481 g/mol. The molecule has 1 amide bonds. The number of hydrogen-bond donors (Lipinski definition) is 1. The zero-order valence-electron chi connectivity index (χ0n) is 18.5. The second-order valence-electron chi connectivity index (χ2n) is 7.65. The molecule has 0 fully saturated rings. The van der Waals surface area contributed by atoms with E-state index in [9.17, 15) is 13.2 Å². The number of nitrogens with zero attached hydrogens (tertiary/aromatic N) is 1. The van der Waals surface area contributed by atoms with Crippen LogP contribution < -0.4 is 14.4 Å². The zero-order chi connectivity index (χ0) is 23.6. The maximum absolute atomic E-state index is 13.0. The number of aryl methyl sites for hydroxylation is 1. The van der Waals surface area contributed by atoms with E-state index in [0.717, 1.165) is 27.0 Å². The number of hydrogen-bond acceptors (Lipinski definition) is 5. The minimum atomic E-state index is -3.68. The molecule has 0 unspecified atom stereocenters. The second-order valence-corrected chi connectivity index (χ2v) is 10.7. The number of fused-ring (bicyclic) bond motifs is 1. The fourth-order valence-corrected chi connectivity index (χ4v) is 5.51. The number of nitrogens with one attached hydrogen (secondary N) is 1. The molecule has 0 aliphatic rings. The fraction of sp³-hybridized carbons (Fsp3) is 0.160. The Morgan fingerprint density at radius 3 is 2.36 bits per heavy atom. The minimum absolute atomic E-state index is 0.172. The summed E-state index contributed by atoms with van der Waals surface area (Å²) in [5.74, 6) is 0.592. The molecule has 170 valence electrons. The van der Waals surface area contributed by atoms with Crippen molar-refractivity contribution in [2.24, 2.45) is 0 Å². The molecule has 8 heteroatoms. The van der Waals surface area contributed by atoms with Crippen molar-refractivity contribution in [2.75, 3.05) is 18.5 Å². The van der Waals surface area contributed by atoms with Crippen LogP contribution in [0.2, 0.25) is 0 Å². The molecule has 0 atom stereocenters. The van der Waals surface area contributed by atoms with Gasteiger partial charge in [0.1, 0.15) is 5.75 Å². The highest BCUT2D eigenvalue weighted by Crippen LogP contribution is 2.31. The van der Waals surface area contributed by atoms with Gasteiger partial charge >= 0.3 is 0 Å². The first-order valence-electron chi connectivity index (χ1n) is 10.3. The van der Waals surface area contributed by atoms with Gasteiger partial charge in [-0.05, 0) is 66.4 Å². The van der Waals surface area contributed by atoms with E-state index in [1.165, 1.54) is 22.7 Å². The molecule has 1 heterocycles. The molecular weight excluding hydrogens is 456 g/mol. The van der Waals surface area contributed by atoms with Crippen LogP contribution in [0.5, 0.6) is 5.75 Å². The third-order valence-corrected chi connectivity index (χ3v) is 8.29. The predicted molar refractivity (Wildman–Crippen MR) is 133 cm³/mol. The first-order chi connectivity index (χ1) is 15.8. The van der Waals surface area contributed by atoms with Crippen LogP contribution in [0.1, 0.15) is 20.8 Å². The molecule has 0 saturated heterocycles. The summed E-state index contributed by atoms with van der Waals surface area (Å²) in [5, 5.41) is 3.74. The zero-order valence-corrected chi connectivity index (χ0v) is 20.2. The lowest BCUT2D eigenvalue weighted by molar-refractivity contribution is 0.0955. The number of amides is 1. The lowest BCUT2D eigenvalue weighted by atomic mass is 10.2. The van der Waals surface area contributed by atoms with Gasteiger partial charge in [0.05, 0.1) is 22.6 Å². The van der Waals surface area contributed by atoms with Crippen molar-refractivity contribution in [3.05, 3.63) is 88.8 Å². The third kappa shape index (κ3) is 4.86. The predicted octanol–water partition coefficient (Wildman–Crippen LogP) is 4.97. The number of thiophene rings is 1. The van der Waals surface area contributed by atoms with E-state index in [4.69, 9.17) is 4.74 Å². The highest BCUT2D eigenvalue weighted by Gasteiger charge is 2.22. The van der Waals surface area contributed by atoms with E-state index in [2.05, 4.69) is 5.32 Å². The Morgan fingerprint density at radius 2 is 1.70 bits per heavy atom. The van der Waals surface area contributed by atoms with Crippen molar-refractivity contribution in [2.45, 2.75) is 18.4 Å². The van der Waals surface area contributed by atoms with E-state index < -0.39 is 10.0 Å². The fourth-order valence-electron chi connectivity index (χ4n) is 3.36. The summed E-state index contributed by atoms with van der Waals surface area (Å²) >= 11 is 1.37. The van der Waals surface area contributed by atoms with E-state index in [-0.39, 0.29) is 10.8 Å². The molecule has 3 aromatic carbocycles. The minimum Gasteiger partial charge on any atom is -0.497 e. The molecule has 0 saturated carbocycles. The molecule has 0 spiro atoms. The second kappa shape index (κ2) is 9.25. The van der Waals surface area contributed by atoms with Gasteiger partial charge in [-0.3, -0.25) is 9.10 Å².